The van der Waals surface area contributed by atoms with Crippen molar-refractivity contribution in [2.45, 2.75) is 26.7 Å². The summed E-state index contributed by atoms with van der Waals surface area (Å²) in [6.45, 7) is 6.65. The topological polar surface area (TPSA) is 47.6 Å². The third kappa shape index (κ3) is 5.27. The molecule has 5 heteroatoms. The molecule has 0 fully saturated rings. The van der Waals surface area contributed by atoms with Gasteiger partial charge in [-0.15, -0.1) is 0 Å². The SMILES string of the molecule is CCOc1cccc(NC(=O)COc2ccc(Br)cc2C(C)C)c1. The molecule has 24 heavy (non-hydrogen) atoms. The zero-order valence-corrected chi connectivity index (χ0v) is 15.7. The Morgan fingerprint density at radius 1 is 1.17 bits per heavy atom. The molecule has 0 atom stereocenters. The van der Waals surface area contributed by atoms with Crippen LogP contribution in [-0.2, 0) is 4.79 Å². The third-order valence-electron chi connectivity index (χ3n) is 3.38. The molecular weight excluding hydrogens is 370 g/mol. The monoisotopic (exact) mass is 391 g/mol. The van der Waals surface area contributed by atoms with E-state index in [-0.39, 0.29) is 12.5 Å². The molecule has 4 nitrogen and oxygen atoms in total. The zero-order valence-electron chi connectivity index (χ0n) is 14.1. The number of hydrogen-bond donors (Lipinski definition) is 1. The van der Waals surface area contributed by atoms with Crippen LogP contribution in [0.2, 0.25) is 0 Å². The molecule has 2 rings (SSSR count). The van der Waals surface area contributed by atoms with Crippen molar-refractivity contribution in [3.05, 3.63) is 52.5 Å². The maximum absolute atomic E-state index is 12.1. The minimum Gasteiger partial charge on any atom is -0.494 e. The molecule has 0 saturated carbocycles. The third-order valence-corrected chi connectivity index (χ3v) is 3.87. The molecule has 0 heterocycles. The Hall–Kier alpha value is -2.01. The fourth-order valence-electron chi connectivity index (χ4n) is 2.27. The van der Waals surface area contributed by atoms with E-state index in [2.05, 4.69) is 35.1 Å². The van der Waals surface area contributed by atoms with Crippen LogP contribution >= 0.6 is 15.9 Å². The van der Waals surface area contributed by atoms with E-state index in [9.17, 15) is 4.79 Å². The number of carbonyl (C=O) groups is 1. The van der Waals surface area contributed by atoms with E-state index in [1.807, 2.05) is 43.3 Å². The summed E-state index contributed by atoms with van der Waals surface area (Å²) in [7, 11) is 0. The Morgan fingerprint density at radius 2 is 1.96 bits per heavy atom. The molecule has 0 spiro atoms. The number of rotatable bonds is 7. The summed E-state index contributed by atoms with van der Waals surface area (Å²) < 4.78 is 12.1. The molecule has 1 amide bonds. The second-order valence-electron chi connectivity index (χ2n) is 5.63. The highest BCUT2D eigenvalue weighted by molar-refractivity contribution is 9.10. The lowest BCUT2D eigenvalue weighted by atomic mass is 10.0. The molecule has 0 bridgehead atoms. The normalized spacial score (nSPS) is 10.5. The first-order valence-electron chi connectivity index (χ1n) is 7.94. The van der Waals surface area contributed by atoms with Crippen LogP contribution in [0.15, 0.2) is 46.9 Å². The Balaban J connectivity index is 1.97. The summed E-state index contributed by atoms with van der Waals surface area (Å²) in [5.41, 5.74) is 1.75. The maximum atomic E-state index is 12.1. The summed E-state index contributed by atoms with van der Waals surface area (Å²) in [6.07, 6.45) is 0. The van der Waals surface area contributed by atoms with Crippen molar-refractivity contribution in [3.8, 4) is 11.5 Å². The standard InChI is InChI=1S/C19H22BrNO3/c1-4-23-16-7-5-6-15(11-16)21-19(22)12-24-18-9-8-14(20)10-17(18)13(2)3/h5-11,13H,4,12H2,1-3H3,(H,21,22). The van der Waals surface area contributed by atoms with Crippen molar-refractivity contribution in [1.29, 1.82) is 0 Å². The number of ether oxygens (including phenoxy) is 2. The molecular formula is C19H22BrNO3. The van der Waals surface area contributed by atoms with Gasteiger partial charge in [-0.2, -0.15) is 0 Å². The number of carbonyl (C=O) groups excluding carboxylic acids is 1. The Kier molecular flexibility index (Phi) is 6.67. The van der Waals surface area contributed by atoms with Gasteiger partial charge in [0.2, 0.25) is 0 Å². The fraction of sp³-hybridized carbons (Fsp3) is 0.316. The van der Waals surface area contributed by atoms with Crippen LogP contribution in [0.25, 0.3) is 0 Å². The molecule has 0 saturated heterocycles. The largest absolute Gasteiger partial charge is 0.494 e. The van der Waals surface area contributed by atoms with Gasteiger partial charge in [0.15, 0.2) is 6.61 Å². The zero-order chi connectivity index (χ0) is 17.5. The van der Waals surface area contributed by atoms with Crippen LogP contribution in [-0.4, -0.2) is 19.1 Å². The molecule has 0 aliphatic rings. The van der Waals surface area contributed by atoms with Crippen LogP contribution in [0.3, 0.4) is 0 Å². The second kappa shape index (κ2) is 8.73. The molecule has 0 aliphatic heterocycles. The highest BCUT2D eigenvalue weighted by Gasteiger charge is 2.11. The predicted molar refractivity (Wildman–Crippen MR) is 100.0 cm³/mol. The van der Waals surface area contributed by atoms with Crippen molar-refractivity contribution < 1.29 is 14.3 Å². The number of anilines is 1. The van der Waals surface area contributed by atoms with Crippen molar-refractivity contribution >= 4 is 27.5 Å². The van der Waals surface area contributed by atoms with E-state index in [1.54, 1.807) is 6.07 Å². The van der Waals surface area contributed by atoms with Crippen molar-refractivity contribution in [3.63, 3.8) is 0 Å². The van der Waals surface area contributed by atoms with E-state index < -0.39 is 0 Å². The number of halogens is 1. The van der Waals surface area contributed by atoms with Gasteiger partial charge in [0.25, 0.3) is 5.91 Å². The number of amides is 1. The average Bonchev–Trinajstić information content (AvgIpc) is 2.54. The van der Waals surface area contributed by atoms with Crippen molar-refractivity contribution in [2.75, 3.05) is 18.5 Å². The van der Waals surface area contributed by atoms with Gasteiger partial charge in [0.05, 0.1) is 6.61 Å². The maximum Gasteiger partial charge on any atom is 0.262 e. The fourth-order valence-corrected chi connectivity index (χ4v) is 2.65. The van der Waals surface area contributed by atoms with E-state index in [1.165, 1.54) is 0 Å². The number of hydrogen-bond acceptors (Lipinski definition) is 3. The van der Waals surface area contributed by atoms with Crippen molar-refractivity contribution in [2.24, 2.45) is 0 Å². The minimum absolute atomic E-state index is 0.0415. The highest BCUT2D eigenvalue weighted by Crippen LogP contribution is 2.29. The molecule has 0 unspecified atom stereocenters. The molecule has 0 radical (unpaired) electrons. The lowest BCUT2D eigenvalue weighted by Crippen LogP contribution is -2.20. The first-order chi connectivity index (χ1) is 11.5. The van der Waals surface area contributed by atoms with Crippen LogP contribution in [0.4, 0.5) is 5.69 Å². The Labute approximate surface area is 151 Å². The van der Waals surface area contributed by atoms with Gasteiger partial charge in [-0.3, -0.25) is 4.79 Å². The molecule has 0 aliphatic carbocycles. The summed E-state index contributed by atoms with van der Waals surface area (Å²) in [5.74, 6) is 1.56. The smallest absolute Gasteiger partial charge is 0.262 e. The van der Waals surface area contributed by atoms with Gasteiger partial charge in [-0.1, -0.05) is 35.8 Å². The second-order valence-corrected chi connectivity index (χ2v) is 6.55. The Bertz CT molecular complexity index is 701. The Morgan fingerprint density at radius 3 is 2.67 bits per heavy atom. The lowest BCUT2D eigenvalue weighted by molar-refractivity contribution is -0.118. The van der Waals surface area contributed by atoms with Crippen LogP contribution in [0.5, 0.6) is 11.5 Å². The first kappa shape index (κ1) is 18.3. The van der Waals surface area contributed by atoms with Gasteiger partial charge >= 0.3 is 0 Å². The summed E-state index contributed by atoms with van der Waals surface area (Å²) >= 11 is 3.46. The van der Waals surface area contributed by atoms with Crippen LogP contribution in [0, 0.1) is 0 Å². The summed E-state index contributed by atoms with van der Waals surface area (Å²) in [4.78, 5) is 12.1. The molecule has 0 aromatic heterocycles. The van der Waals surface area contributed by atoms with Gasteiger partial charge in [-0.25, -0.2) is 0 Å². The van der Waals surface area contributed by atoms with Gasteiger partial charge in [0.1, 0.15) is 11.5 Å². The van der Waals surface area contributed by atoms with E-state index in [0.29, 0.717) is 18.2 Å². The lowest BCUT2D eigenvalue weighted by Gasteiger charge is -2.14. The minimum atomic E-state index is -0.207. The van der Waals surface area contributed by atoms with Gasteiger partial charge in [-0.05, 0) is 48.7 Å². The molecule has 1 N–H and O–H groups in total. The number of benzene rings is 2. The van der Waals surface area contributed by atoms with E-state index in [4.69, 9.17) is 9.47 Å². The van der Waals surface area contributed by atoms with Gasteiger partial charge in [0, 0.05) is 16.2 Å². The highest BCUT2D eigenvalue weighted by atomic mass is 79.9. The van der Waals surface area contributed by atoms with Crippen LogP contribution < -0.4 is 14.8 Å². The predicted octanol–water partition coefficient (Wildman–Crippen LogP) is 4.99. The number of nitrogens with one attached hydrogen (secondary N) is 1. The van der Waals surface area contributed by atoms with E-state index in [0.717, 1.165) is 21.5 Å². The molecule has 2 aromatic carbocycles. The van der Waals surface area contributed by atoms with Gasteiger partial charge < -0.3 is 14.8 Å². The van der Waals surface area contributed by atoms with E-state index >= 15 is 0 Å². The average molecular weight is 392 g/mol. The quantitative estimate of drug-likeness (QED) is 0.722. The first-order valence-corrected chi connectivity index (χ1v) is 8.74. The van der Waals surface area contributed by atoms with Crippen molar-refractivity contribution in [1.82, 2.24) is 0 Å². The summed E-state index contributed by atoms with van der Waals surface area (Å²) in [5, 5.41) is 2.82. The molecule has 128 valence electrons. The molecule has 2 aromatic rings. The summed E-state index contributed by atoms with van der Waals surface area (Å²) in [6, 6.07) is 13.1. The van der Waals surface area contributed by atoms with Crippen LogP contribution in [0.1, 0.15) is 32.3 Å².